The normalized spacial score (nSPS) is 13.2. The molecule has 0 saturated heterocycles. The van der Waals surface area contributed by atoms with E-state index in [2.05, 4.69) is 4.98 Å². The van der Waals surface area contributed by atoms with E-state index in [0.29, 0.717) is 28.5 Å². The van der Waals surface area contributed by atoms with E-state index in [1.54, 1.807) is 18.2 Å². The van der Waals surface area contributed by atoms with Crippen molar-refractivity contribution in [3.05, 3.63) is 70.4 Å². The van der Waals surface area contributed by atoms with Gasteiger partial charge in [0, 0.05) is 41.2 Å². The number of nitrogens with zero attached hydrogens (tertiary/aromatic N) is 2. The first kappa shape index (κ1) is 18.1. The molecule has 1 atom stereocenters. The maximum Gasteiger partial charge on any atom is 0.133 e. The minimum absolute atomic E-state index is 0.260. The van der Waals surface area contributed by atoms with Crippen LogP contribution in [0.4, 0.5) is 4.39 Å². The molecule has 0 aliphatic rings. The molecular formula is C19H19ClFN5. The molecule has 0 amide bonds. The Kier molecular flexibility index (Phi) is 5.06. The molecule has 1 aromatic heterocycles. The van der Waals surface area contributed by atoms with E-state index in [-0.39, 0.29) is 5.56 Å². The molecule has 0 spiro atoms. The summed E-state index contributed by atoms with van der Waals surface area (Å²) in [6.45, 7) is 2.59. The second kappa shape index (κ2) is 7.27. The molecular weight excluding hydrogens is 353 g/mol. The fraction of sp³-hybridized carbons (Fsp3) is 0.158. The Balaban J connectivity index is 2.18. The van der Waals surface area contributed by atoms with Gasteiger partial charge in [0.2, 0.25) is 0 Å². The molecule has 26 heavy (non-hydrogen) atoms. The van der Waals surface area contributed by atoms with Crippen LogP contribution >= 0.6 is 11.6 Å². The summed E-state index contributed by atoms with van der Waals surface area (Å²) in [5.74, 6) is 0.152. The van der Waals surface area contributed by atoms with Crippen molar-refractivity contribution in [2.24, 2.45) is 11.5 Å². The third-order valence-electron chi connectivity index (χ3n) is 4.34. The van der Waals surface area contributed by atoms with Crippen LogP contribution < -0.4 is 11.5 Å². The average Bonchev–Trinajstić information content (AvgIpc) is 3.00. The number of hydrogen-bond acceptors (Lipinski definition) is 4. The number of imidazole rings is 1. The van der Waals surface area contributed by atoms with Crippen LogP contribution in [0.3, 0.4) is 0 Å². The molecule has 1 unspecified atom stereocenters. The molecule has 0 saturated carbocycles. The van der Waals surface area contributed by atoms with Gasteiger partial charge in [-0.3, -0.25) is 0 Å². The molecule has 0 aliphatic carbocycles. The third kappa shape index (κ3) is 3.09. The Bertz CT molecular complexity index is 991. The van der Waals surface area contributed by atoms with E-state index >= 15 is 0 Å². The van der Waals surface area contributed by atoms with Gasteiger partial charge in [-0.2, -0.15) is 0 Å². The minimum Gasteiger partial charge on any atom is -0.404 e. The SMILES string of the molecule is CCn1c(C(N)c2ccc(Cl)cc2)nc2cc(F)c(/C(C=N)=C/N)cc21. The van der Waals surface area contributed by atoms with Gasteiger partial charge in [-0.15, -0.1) is 0 Å². The molecule has 0 bridgehead atoms. The number of hydrogen-bond donors (Lipinski definition) is 3. The van der Waals surface area contributed by atoms with Crippen molar-refractivity contribution in [3.8, 4) is 0 Å². The van der Waals surface area contributed by atoms with Crippen LogP contribution in [-0.2, 0) is 6.54 Å². The maximum absolute atomic E-state index is 14.5. The van der Waals surface area contributed by atoms with Crippen LogP contribution in [0.5, 0.6) is 0 Å². The highest BCUT2D eigenvalue weighted by atomic mass is 35.5. The highest BCUT2D eigenvalue weighted by Gasteiger charge is 2.20. The number of fused-ring (bicyclic) bond motifs is 1. The third-order valence-corrected chi connectivity index (χ3v) is 4.59. The summed E-state index contributed by atoms with van der Waals surface area (Å²) in [7, 11) is 0. The van der Waals surface area contributed by atoms with Gasteiger partial charge >= 0.3 is 0 Å². The van der Waals surface area contributed by atoms with E-state index in [9.17, 15) is 4.39 Å². The van der Waals surface area contributed by atoms with Crippen LogP contribution in [0.1, 0.15) is 29.9 Å². The standard InChI is InChI=1S/C19H19ClFN5/c1-2-26-17-7-14(12(9-22)10-23)15(21)8-16(17)25-19(26)18(24)11-3-5-13(20)6-4-11/h3-10,18,22H,2,23-24H2,1H3/b12-10+,22-9?. The number of nitrogens with one attached hydrogen (secondary N) is 1. The van der Waals surface area contributed by atoms with Gasteiger partial charge in [0.1, 0.15) is 11.6 Å². The van der Waals surface area contributed by atoms with E-state index in [0.717, 1.165) is 17.3 Å². The predicted molar refractivity (Wildman–Crippen MR) is 104 cm³/mol. The van der Waals surface area contributed by atoms with Crippen LogP contribution in [0, 0.1) is 11.2 Å². The summed E-state index contributed by atoms with van der Waals surface area (Å²) >= 11 is 5.94. The van der Waals surface area contributed by atoms with Gasteiger partial charge in [-0.25, -0.2) is 9.37 Å². The average molecular weight is 372 g/mol. The highest BCUT2D eigenvalue weighted by molar-refractivity contribution is 6.30. The van der Waals surface area contributed by atoms with Crippen LogP contribution in [0.25, 0.3) is 16.6 Å². The van der Waals surface area contributed by atoms with Crippen molar-refractivity contribution >= 4 is 34.4 Å². The molecule has 5 N–H and O–H groups in total. The Morgan fingerprint density at radius 3 is 2.62 bits per heavy atom. The first-order chi connectivity index (χ1) is 12.5. The van der Waals surface area contributed by atoms with Crippen LogP contribution in [0.2, 0.25) is 5.02 Å². The highest BCUT2D eigenvalue weighted by Crippen LogP contribution is 2.28. The number of rotatable bonds is 5. The number of allylic oxidation sites excluding steroid dienone is 1. The largest absolute Gasteiger partial charge is 0.404 e. The first-order valence-corrected chi connectivity index (χ1v) is 8.51. The lowest BCUT2D eigenvalue weighted by molar-refractivity contribution is 0.626. The molecule has 2 aromatic carbocycles. The minimum atomic E-state index is -0.481. The number of halogens is 2. The Labute approximate surface area is 155 Å². The van der Waals surface area contributed by atoms with Gasteiger partial charge in [-0.05, 0) is 30.7 Å². The van der Waals surface area contributed by atoms with Gasteiger partial charge in [-0.1, -0.05) is 23.7 Å². The fourth-order valence-corrected chi connectivity index (χ4v) is 3.12. The number of nitrogens with two attached hydrogens (primary N) is 2. The quantitative estimate of drug-likeness (QED) is 0.594. The van der Waals surface area contributed by atoms with E-state index < -0.39 is 11.9 Å². The monoisotopic (exact) mass is 371 g/mol. The van der Waals surface area contributed by atoms with Gasteiger partial charge in [0.15, 0.2) is 0 Å². The molecule has 0 radical (unpaired) electrons. The Morgan fingerprint density at radius 2 is 2.04 bits per heavy atom. The van der Waals surface area contributed by atoms with Crippen molar-refractivity contribution in [1.29, 1.82) is 5.41 Å². The molecule has 7 heteroatoms. The molecule has 0 aliphatic heterocycles. The lowest BCUT2D eigenvalue weighted by atomic mass is 10.1. The number of benzene rings is 2. The molecule has 3 aromatic rings. The summed E-state index contributed by atoms with van der Waals surface area (Å²) in [4.78, 5) is 4.55. The van der Waals surface area contributed by atoms with Crippen molar-refractivity contribution < 1.29 is 4.39 Å². The number of aromatic nitrogens is 2. The summed E-state index contributed by atoms with van der Waals surface area (Å²) in [6, 6.07) is 9.78. The Morgan fingerprint density at radius 1 is 1.35 bits per heavy atom. The van der Waals surface area contributed by atoms with Crippen molar-refractivity contribution in [2.45, 2.75) is 19.5 Å². The summed E-state index contributed by atoms with van der Waals surface area (Å²) in [5, 5.41) is 8.04. The van der Waals surface area contributed by atoms with Gasteiger partial charge in [0.05, 0.1) is 17.1 Å². The zero-order valence-electron chi connectivity index (χ0n) is 14.2. The van der Waals surface area contributed by atoms with Gasteiger partial charge in [0.25, 0.3) is 0 Å². The predicted octanol–water partition coefficient (Wildman–Crippen LogP) is 3.85. The lowest BCUT2D eigenvalue weighted by Gasteiger charge is -2.14. The fourth-order valence-electron chi connectivity index (χ4n) is 2.99. The van der Waals surface area contributed by atoms with Gasteiger partial charge < -0.3 is 21.4 Å². The molecule has 134 valence electrons. The zero-order valence-corrected chi connectivity index (χ0v) is 15.0. The second-order valence-electron chi connectivity index (χ2n) is 5.83. The summed E-state index contributed by atoms with van der Waals surface area (Å²) < 4.78 is 16.4. The van der Waals surface area contributed by atoms with E-state index in [1.165, 1.54) is 12.3 Å². The Hall–Kier alpha value is -2.70. The van der Waals surface area contributed by atoms with Crippen molar-refractivity contribution in [1.82, 2.24) is 9.55 Å². The van der Waals surface area contributed by atoms with Crippen LogP contribution in [0.15, 0.2) is 42.6 Å². The topological polar surface area (TPSA) is 93.7 Å². The smallest absolute Gasteiger partial charge is 0.133 e. The number of aryl methyl sites for hydroxylation is 1. The maximum atomic E-state index is 14.5. The zero-order chi connectivity index (χ0) is 18.8. The van der Waals surface area contributed by atoms with E-state index in [4.69, 9.17) is 28.5 Å². The molecule has 5 nitrogen and oxygen atoms in total. The van der Waals surface area contributed by atoms with Crippen LogP contribution in [-0.4, -0.2) is 15.8 Å². The molecule has 0 fully saturated rings. The molecule has 1 heterocycles. The van der Waals surface area contributed by atoms with E-state index in [1.807, 2.05) is 23.6 Å². The lowest BCUT2D eigenvalue weighted by Crippen LogP contribution is -2.17. The second-order valence-corrected chi connectivity index (χ2v) is 6.27. The van der Waals surface area contributed by atoms with Crippen molar-refractivity contribution in [3.63, 3.8) is 0 Å². The first-order valence-electron chi connectivity index (χ1n) is 8.13. The van der Waals surface area contributed by atoms with Crippen molar-refractivity contribution in [2.75, 3.05) is 0 Å². The summed E-state index contributed by atoms with van der Waals surface area (Å²) in [6.07, 6.45) is 2.24. The summed E-state index contributed by atoms with van der Waals surface area (Å²) in [5.41, 5.74) is 14.6. The molecule has 3 rings (SSSR count).